The highest BCUT2D eigenvalue weighted by Crippen LogP contribution is 2.26. The van der Waals surface area contributed by atoms with Crippen molar-refractivity contribution in [1.82, 2.24) is 4.98 Å². The first-order valence-corrected chi connectivity index (χ1v) is 5.70. The standard InChI is InChI=1S/C10H10F2N2O3S/c1-5(7(13)15)17-9(16)6-3-2-4-14-8(6)18-10(11)12/h2-5,10H,1H3,(H2,13,15)/t5-/m0/s1. The number of thioether (sulfide) groups is 1. The summed E-state index contributed by atoms with van der Waals surface area (Å²) in [5.41, 5.74) is 4.80. The minimum Gasteiger partial charge on any atom is -0.449 e. The Morgan fingerprint density at radius 1 is 1.50 bits per heavy atom. The van der Waals surface area contributed by atoms with Gasteiger partial charge in [0.15, 0.2) is 6.10 Å². The maximum Gasteiger partial charge on any atom is 0.341 e. The molecule has 0 aliphatic heterocycles. The Bertz CT molecular complexity index is 457. The number of hydrogen-bond acceptors (Lipinski definition) is 5. The molecular weight excluding hydrogens is 266 g/mol. The van der Waals surface area contributed by atoms with E-state index in [1.165, 1.54) is 25.3 Å². The molecular formula is C10H10F2N2O3S. The molecule has 1 heterocycles. The van der Waals surface area contributed by atoms with Crippen LogP contribution in [0.2, 0.25) is 0 Å². The first-order chi connectivity index (χ1) is 8.41. The molecule has 1 aromatic heterocycles. The molecule has 8 heteroatoms. The maximum absolute atomic E-state index is 12.3. The zero-order valence-corrected chi connectivity index (χ0v) is 10.1. The quantitative estimate of drug-likeness (QED) is 0.649. The minimum absolute atomic E-state index is 0.127. The lowest BCUT2D eigenvalue weighted by atomic mass is 10.3. The Labute approximate surface area is 106 Å². The fraction of sp³-hybridized carbons (Fsp3) is 0.300. The molecule has 1 amide bonds. The Morgan fingerprint density at radius 2 is 2.17 bits per heavy atom. The van der Waals surface area contributed by atoms with Crippen LogP contribution in [0, 0.1) is 0 Å². The molecule has 0 aromatic carbocycles. The summed E-state index contributed by atoms with van der Waals surface area (Å²) >= 11 is 0.127. The van der Waals surface area contributed by atoms with E-state index >= 15 is 0 Å². The van der Waals surface area contributed by atoms with E-state index < -0.39 is 23.7 Å². The van der Waals surface area contributed by atoms with Crippen LogP contribution in [0.3, 0.4) is 0 Å². The molecule has 1 aromatic rings. The van der Waals surface area contributed by atoms with Crippen molar-refractivity contribution in [1.29, 1.82) is 0 Å². The average Bonchev–Trinajstić information content (AvgIpc) is 2.28. The van der Waals surface area contributed by atoms with Gasteiger partial charge in [-0.15, -0.1) is 0 Å². The number of ether oxygens (including phenoxy) is 1. The summed E-state index contributed by atoms with van der Waals surface area (Å²) in [6, 6.07) is 2.69. The fourth-order valence-corrected chi connectivity index (χ4v) is 1.58. The largest absolute Gasteiger partial charge is 0.449 e. The highest BCUT2D eigenvalue weighted by molar-refractivity contribution is 7.99. The summed E-state index contributed by atoms with van der Waals surface area (Å²) in [6.07, 6.45) is 0.140. The van der Waals surface area contributed by atoms with E-state index in [-0.39, 0.29) is 22.4 Å². The Morgan fingerprint density at radius 3 is 2.72 bits per heavy atom. The van der Waals surface area contributed by atoms with E-state index in [4.69, 9.17) is 10.5 Å². The van der Waals surface area contributed by atoms with Gasteiger partial charge >= 0.3 is 5.97 Å². The molecule has 0 aliphatic carbocycles. The Kier molecular flexibility index (Phi) is 5.02. The third-order valence-electron chi connectivity index (χ3n) is 1.88. The molecule has 2 N–H and O–H groups in total. The molecule has 98 valence electrons. The smallest absolute Gasteiger partial charge is 0.341 e. The van der Waals surface area contributed by atoms with Crippen LogP contribution in [0.25, 0.3) is 0 Å². The summed E-state index contributed by atoms with van der Waals surface area (Å²) in [5, 5.41) is -0.158. The number of hydrogen-bond donors (Lipinski definition) is 1. The van der Waals surface area contributed by atoms with Crippen molar-refractivity contribution in [2.75, 3.05) is 0 Å². The van der Waals surface area contributed by atoms with Gasteiger partial charge in [-0.1, -0.05) is 0 Å². The van der Waals surface area contributed by atoms with Crippen molar-refractivity contribution in [2.45, 2.75) is 23.8 Å². The number of nitrogens with two attached hydrogens (primary N) is 1. The number of amides is 1. The van der Waals surface area contributed by atoms with Crippen LogP contribution < -0.4 is 5.73 Å². The van der Waals surface area contributed by atoms with Gasteiger partial charge in [0.2, 0.25) is 0 Å². The number of halogens is 2. The van der Waals surface area contributed by atoms with Crippen LogP contribution in [-0.4, -0.2) is 28.7 Å². The first kappa shape index (κ1) is 14.4. The molecule has 1 rings (SSSR count). The molecule has 0 radical (unpaired) electrons. The van der Waals surface area contributed by atoms with Crippen molar-refractivity contribution in [2.24, 2.45) is 5.73 Å². The summed E-state index contributed by atoms with van der Waals surface area (Å²) in [7, 11) is 0. The molecule has 0 saturated carbocycles. The second-order valence-corrected chi connectivity index (χ2v) is 4.16. The Balaban J connectivity index is 2.88. The Hall–Kier alpha value is -1.70. The second-order valence-electron chi connectivity index (χ2n) is 3.18. The van der Waals surface area contributed by atoms with Crippen LogP contribution in [0.4, 0.5) is 8.78 Å². The van der Waals surface area contributed by atoms with Crippen molar-refractivity contribution in [3.8, 4) is 0 Å². The topological polar surface area (TPSA) is 82.3 Å². The van der Waals surface area contributed by atoms with Crippen LogP contribution in [0.1, 0.15) is 17.3 Å². The minimum atomic E-state index is -2.71. The van der Waals surface area contributed by atoms with Gasteiger partial charge in [0, 0.05) is 6.20 Å². The van der Waals surface area contributed by atoms with Gasteiger partial charge in [0.05, 0.1) is 5.56 Å². The average molecular weight is 276 g/mol. The second kappa shape index (κ2) is 6.29. The molecule has 0 saturated heterocycles. The normalized spacial score (nSPS) is 12.2. The molecule has 5 nitrogen and oxygen atoms in total. The van der Waals surface area contributed by atoms with E-state index in [0.717, 1.165) is 0 Å². The lowest BCUT2D eigenvalue weighted by molar-refractivity contribution is -0.125. The zero-order valence-electron chi connectivity index (χ0n) is 9.30. The van der Waals surface area contributed by atoms with E-state index in [9.17, 15) is 18.4 Å². The number of alkyl halides is 2. The van der Waals surface area contributed by atoms with Crippen molar-refractivity contribution >= 4 is 23.6 Å². The summed E-state index contributed by atoms with van der Waals surface area (Å²) in [4.78, 5) is 26.0. The van der Waals surface area contributed by atoms with Gasteiger partial charge in [-0.25, -0.2) is 9.78 Å². The molecule has 0 bridgehead atoms. The van der Waals surface area contributed by atoms with Gasteiger partial charge in [0.1, 0.15) is 5.03 Å². The van der Waals surface area contributed by atoms with Gasteiger partial charge in [0.25, 0.3) is 11.7 Å². The highest BCUT2D eigenvalue weighted by Gasteiger charge is 2.21. The van der Waals surface area contributed by atoms with Crippen LogP contribution in [0.5, 0.6) is 0 Å². The predicted octanol–water partition coefficient (Wildman–Crippen LogP) is 1.43. The summed E-state index contributed by atoms with van der Waals surface area (Å²) in [6.45, 7) is 1.29. The van der Waals surface area contributed by atoms with Crippen LogP contribution in [0.15, 0.2) is 23.4 Å². The third-order valence-corrected chi connectivity index (χ3v) is 2.60. The molecule has 0 unspecified atom stereocenters. The fourth-order valence-electron chi connectivity index (χ4n) is 1.01. The predicted molar refractivity (Wildman–Crippen MR) is 60.2 cm³/mol. The summed E-state index contributed by atoms with van der Waals surface area (Å²) in [5.74, 6) is -4.45. The van der Waals surface area contributed by atoms with Crippen molar-refractivity contribution < 1.29 is 23.1 Å². The summed E-state index contributed by atoms with van der Waals surface area (Å²) < 4.78 is 29.2. The monoisotopic (exact) mass is 276 g/mol. The van der Waals surface area contributed by atoms with Gasteiger partial charge in [-0.05, 0) is 30.8 Å². The van der Waals surface area contributed by atoms with Crippen molar-refractivity contribution in [3.63, 3.8) is 0 Å². The van der Waals surface area contributed by atoms with Gasteiger partial charge in [-0.2, -0.15) is 8.78 Å². The zero-order chi connectivity index (χ0) is 13.7. The number of pyridine rings is 1. The number of aromatic nitrogens is 1. The van der Waals surface area contributed by atoms with E-state index in [2.05, 4.69) is 4.98 Å². The highest BCUT2D eigenvalue weighted by atomic mass is 32.2. The molecule has 1 atom stereocenters. The van der Waals surface area contributed by atoms with Gasteiger partial charge in [-0.3, -0.25) is 4.79 Å². The SMILES string of the molecule is C[C@H](OC(=O)c1cccnc1SC(F)F)C(N)=O. The van der Waals surface area contributed by atoms with E-state index in [0.29, 0.717) is 0 Å². The molecule has 18 heavy (non-hydrogen) atoms. The maximum atomic E-state index is 12.3. The lowest BCUT2D eigenvalue weighted by Gasteiger charge is -2.11. The van der Waals surface area contributed by atoms with Crippen LogP contribution in [-0.2, 0) is 9.53 Å². The lowest BCUT2D eigenvalue weighted by Crippen LogP contribution is -2.30. The molecule has 0 aliphatic rings. The van der Waals surface area contributed by atoms with Crippen LogP contribution >= 0.6 is 11.8 Å². The first-order valence-electron chi connectivity index (χ1n) is 4.82. The molecule has 0 spiro atoms. The number of carbonyl (C=O) groups excluding carboxylic acids is 2. The number of esters is 1. The van der Waals surface area contributed by atoms with Crippen molar-refractivity contribution in [3.05, 3.63) is 23.9 Å². The molecule has 0 fully saturated rings. The number of primary amides is 1. The van der Waals surface area contributed by atoms with Gasteiger partial charge < -0.3 is 10.5 Å². The van der Waals surface area contributed by atoms with E-state index in [1.54, 1.807) is 0 Å². The number of rotatable bonds is 5. The third kappa shape index (κ3) is 3.95. The number of nitrogens with zero attached hydrogens (tertiary/aromatic N) is 1. The van der Waals surface area contributed by atoms with E-state index in [1.807, 2.05) is 0 Å². The number of carbonyl (C=O) groups is 2.